The summed E-state index contributed by atoms with van der Waals surface area (Å²) in [6, 6.07) is 9.84. The third kappa shape index (κ3) is 5.46. The highest BCUT2D eigenvalue weighted by Crippen LogP contribution is 2.32. The Bertz CT molecular complexity index is 1340. The average molecular weight is 522 g/mol. The smallest absolute Gasteiger partial charge is 0.298 e. The fourth-order valence-corrected chi connectivity index (χ4v) is 5.94. The molecule has 2 heterocycles. The Morgan fingerprint density at radius 3 is 2.39 bits per heavy atom. The molecule has 2 atom stereocenters. The normalized spacial score (nSPS) is 17.8. The number of hydrogen-bond acceptors (Lipinski definition) is 5. The Balaban J connectivity index is 1.49. The summed E-state index contributed by atoms with van der Waals surface area (Å²) < 4.78 is 79.1. The van der Waals surface area contributed by atoms with Crippen molar-refractivity contribution >= 4 is 15.8 Å². The van der Waals surface area contributed by atoms with Gasteiger partial charge in [0.25, 0.3) is 0 Å². The number of nitrogens with zero attached hydrogens (tertiary/aromatic N) is 3. The second kappa shape index (κ2) is 10.1. The van der Waals surface area contributed by atoms with Crippen LogP contribution in [0.1, 0.15) is 43.4 Å². The minimum Gasteiger partial charge on any atom is -0.298 e. The predicted molar refractivity (Wildman–Crippen MR) is 124 cm³/mol. The summed E-state index contributed by atoms with van der Waals surface area (Å²) in [6.07, 6.45) is -2.24. The summed E-state index contributed by atoms with van der Waals surface area (Å²) in [6.45, 7) is 1.96. The largest absolute Gasteiger partial charge is 0.416 e. The molecule has 1 fully saturated rings. The van der Waals surface area contributed by atoms with Crippen LogP contribution in [0.5, 0.6) is 0 Å². The molecule has 0 saturated carbocycles. The van der Waals surface area contributed by atoms with Crippen LogP contribution in [0.15, 0.2) is 65.8 Å². The van der Waals surface area contributed by atoms with Crippen LogP contribution in [0.3, 0.4) is 0 Å². The second-order valence-corrected chi connectivity index (χ2v) is 10.6. The van der Waals surface area contributed by atoms with E-state index in [2.05, 4.69) is 9.97 Å². The minimum absolute atomic E-state index is 0.0174. The molecule has 0 bridgehead atoms. The van der Waals surface area contributed by atoms with Gasteiger partial charge >= 0.3 is 6.18 Å². The molecular formula is C25H23F4N3O3S. The van der Waals surface area contributed by atoms with Crippen molar-refractivity contribution in [2.75, 3.05) is 6.54 Å². The summed E-state index contributed by atoms with van der Waals surface area (Å²) in [5.41, 5.74) is 0.627. The van der Waals surface area contributed by atoms with Crippen LogP contribution in [0.25, 0.3) is 11.3 Å². The molecule has 1 aliphatic rings. The van der Waals surface area contributed by atoms with Gasteiger partial charge in [0, 0.05) is 30.1 Å². The number of sulfonamides is 1. The molecule has 0 spiro atoms. The van der Waals surface area contributed by atoms with E-state index in [1.165, 1.54) is 34.9 Å². The fourth-order valence-electron chi connectivity index (χ4n) is 4.26. The van der Waals surface area contributed by atoms with Gasteiger partial charge in [0.05, 0.1) is 22.2 Å². The Kier molecular flexibility index (Phi) is 7.24. The first kappa shape index (κ1) is 25.9. The number of halogens is 4. The van der Waals surface area contributed by atoms with Gasteiger partial charge < -0.3 is 0 Å². The van der Waals surface area contributed by atoms with Crippen LogP contribution in [0.4, 0.5) is 17.6 Å². The van der Waals surface area contributed by atoms with Crippen LogP contribution in [-0.4, -0.2) is 41.1 Å². The first-order valence-electron chi connectivity index (χ1n) is 11.3. The Labute approximate surface area is 206 Å². The first-order valence-corrected chi connectivity index (χ1v) is 12.7. The van der Waals surface area contributed by atoms with Gasteiger partial charge in [-0.25, -0.2) is 22.8 Å². The van der Waals surface area contributed by atoms with Gasteiger partial charge in [-0.3, -0.25) is 4.79 Å². The average Bonchev–Trinajstić information content (AvgIpc) is 3.35. The highest BCUT2D eigenvalue weighted by atomic mass is 32.2. The van der Waals surface area contributed by atoms with Gasteiger partial charge in [-0.05, 0) is 55.3 Å². The highest BCUT2D eigenvalue weighted by Gasteiger charge is 2.39. The predicted octanol–water partition coefficient (Wildman–Crippen LogP) is 5.22. The molecule has 0 amide bonds. The topological polar surface area (TPSA) is 80.2 Å². The quantitative estimate of drug-likeness (QED) is 0.399. The van der Waals surface area contributed by atoms with Crippen molar-refractivity contribution in [3.8, 4) is 11.3 Å². The maximum Gasteiger partial charge on any atom is 0.416 e. The molecule has 3 aromatic rings. The summed E-state index contributed by atoms with van der Waals surface area (Å²) in [5.74, 6) is -1.21. The lowest BCUT2D eigenvalue weighted by atomic mass is 9.95. The number of carbonyl (C=O) groups is 1. The number of alkyl halides is 3. The van der Waals surface area contributed by atoms with E-state index in [-0.39, 0.29) is 29.6 Å². The van der Waals surface area contributed by atoms with Crippen molar-refractivity contribution < 1.29 is 30.8 Å². The number of ketones is 1. The van der Waals surface area contributed by atoms with Crippen LogP contribution in [0, 0.1) is 5.82 Å². The van der Waals surface area contributed by atoms with Crippen molar-refractivity contribution in [2.24, 2.45) is 0 Å². The monoisotopic (exact) mass is 521 g/mol. The standard InChI is InChI=1S/C25H23F4N3O3S/c1-16(21-14-22(31-15-30-21)17-4-6-18(7-5-17)25(27,28)29)13-24(33)23-3-2-12-32(23)36(34,35)20-10-8-19(26)9-11-20/h4-11,14-16,23H,2-3,12-13H2,1H3/t16?,23-/m0/s1. The van der Waals surface area contributed by atoms with Crippen molar-refractivity contribution in [1.82, 2.24) is 14.3 Å². The van der Waals surface area contributed by atoms with Crippen LogP contribution >= 0.6 is 0 Å². The molecule has 1 aromatic heterocycles. The molecule has 6 nitrogen and oxygen atoms in total. The van der Waals surface area contributed by atoms with Crippen LogP contribution < -0.4 is 0 Å². The zero-order valence-electron chi connectivity index (χ0n) is 19.2. The van der Waals surface area contributed by atoms with Gasteiger partial charge in [0.2, 0.25) is 10.0 Å². The number of Topliss-reactive ketones (excluding diaryl/α,β-unsaturated/α-hetero) is 1. The Morgan fingerprint density at radius 1 is 1.08 bits per heavy atom. The zero-order valence-corrected chi connectivity index (χ0v) is 20.1. The van der Waals surface area contributed by atoms with Crippen LogP contribution in [-0.2, 0) is 21.0 Å². The van der Waals surface area contributed by atoms with E-state index in [0.717, 1.165) is 24.3 Å². The molecule has 190 valence electrons. The van der Waals surface area contributed by atoms with Crippen molar-refractivity contribution in [3.63, 3.8) is 0 Å². The molecule has 11 heteroatoms. The van der Waals surface area contributed by atoms with Crippen LogP contribution in [0.2, 0.25) is 0 Å². The highest BCUT2D eigenvalue weighted by molar-refractivity contribution is 7.89. The molecule has 0 radical (unpaired) electrons. The third-order valence-corrected chi connectivity index (χ3v) is 8.13. The number of hydrogen-bond donors (Lipinski definition) is 0. The van der Waals surface area contributed by atoms with Gasteiger partial charge in [-0.1, -0.05) is 19.1 Å². The molecular weight excluding hydrogens is 498 g/mol. The third-order valence-electron chi connectivity index (χ3n) is 6.20. The number of rotatable bonds is 7. The lowest BCUT2D eigenvalue weighted by Gasteiger charge is -2.24. The minimum atomic E-state index is -4.44. The van der Waals surface area contributed by atoms with E-state index >= 15 is 0 Å². The van der Waals surface area contributed by atoms with Gasteiger partial charge in [-0.15, -0.1) is 0 Å². The lowest BCUT2D eigenvalue weighted by Crippen LogP contribution is -2.40. The first-order chi connectivity index (χ1) is 17.0. The SMILES string of the molecule is CC(CC(=O)[C@@H]1CCCN1S(=O)(=O)c1ccc(F)cc1)c1cc(-c2ccc(C(F)(F)F)cc2)ncn1. The summed E-state index contributed by atoms with van der Waals surface area (Å²) in [4.78, 5) is 21.4. The number of aromatic nitrogens is 2. The summed E-state index contributed by atoms with van der Waals surface area (Å²) in [7, 11) is -3.97. The van der Waals surface area contributed by atoms with Crippen molar-refractivity contribution in [3.05, 3.63) is 78.0 Å². The van der Waals surface area contributed by atoms with E-state index in [0.29, 0.717) is 29.8 Å². The van der Waals surface area contributed by atoms with Crippen molar-refractivity contribution in [1.29, 1.82) is 0 Å². The maximum absolute atomic E-state index is 13.2. The Morgan fingerprint density at radius 2 is 1.75 bits per heavy atom. The molecule has 1 unspecified atom stereocenters. The number of carbonyl (C=O) groups excluding carboxylic acids is 1. The molecule has 2 aromatic carbocycles. The molecule has 0 N–H and O–H groups in total. The van der Waals surface area contributed by atoms with Gasteiger partial charge in [0.15, 0.2) is 5.78 Å². The molecule has 0 aliphatic carbocycles. The molecule has 36 heavy (non-hydrogen) atoms. The fraction of sp³-hybridized carbons (Fsp3) is 0.320. The summed E-state index contributed by atoms with van der Waals surface area (Å²) in [5, 5.41) is 0. The second-order valence-electron chi connectivity index (χ2n) is 8.70. The zero-order chi connectivity index (χ0) is 26.1. The lowest BCUT2D eigenvalue weighted by molar-refractivity contribution is -0.137. The maximum atomic E-state index is 13.2. The van der Waals surface area contributed by atoms with Gasteiger partial charge in [-0.2, -0.15) is 17.5 Å². The van der Waals surface area contributed by atoms with E-state index in [9.17, 15) is 30.8 Å². The summed E-state index contributed by atoms with van der Waals surface area (Å²) >= 11 is 0. The van der Waals surface area contributed by atoms with E-state index < -0.39 is 33.6 Å². The molecule has 4 rings (SSSR count). The van der Waals surface area contributed by atoms with E-state index in [1.54, 1.807) is 13.0 Å². The molecule has 1 saturated heterocycles. The van der Waals surface area contributed by atoms with E-state index in [4.69, 9.17) is 0 Å². The molecule has 1 aliphatic heterocycles. The van der Waals surface area contributed by atoms with E-state index in [1.807, 2.05) is 0 Å². The Hall–Kier alpha value is -3.18. The van der Waals surface area contributed by atoms with Gasteiger partial charge in [0.1, 0.15) is 12.1 Å². The number of benzene rings is 2. The van der Waals surface area contributed by atoms with Crippen molar-refractivity contribution in [2.45, 2.75) is 49.2 Å².